The van der Waals surface area contributed by atoms with Crippen molar-refractivity contribution in [1.82, 2.24) is 14.5 Å². The van der Waals surface area contributed by atoms with E-state index in [4.69, 9.17) is 17.3 Å². The van der Waals surface area contributed by atoms with Gasteiger partial charge >= 0.3 is 0 Å². The highest BCUT2D eigenvalue weighted by atomic mass is 35.5. The Hall–Kier alpha value is -2.64. The Bertz CT molecular complexity index is 1300. The van der Waals surface area contributed by atoms with Crippen LogP contribution in [0.5, 0.6) is 0 Å². The Kier molecular flexibility index (Phi) is 4.72. The molecular formula is C20H19ClN4O2S. The SMILES string of the molecule is CCCCn1c(N)c(S(=O)(=O)c2cccc(Cl)c2)c2nc3ccccc3nc21. The van der Waals surface area contributed by atoms with E-state index in [1.54, 1.807) is 22.8 Å². The van der Waals surface area contributed by atoms with Crippen molar-refractivity contribution in [1.29, 1.82) is 0 Å². The van der Waals surface area contributed by atoms with Crippen molar-refractivity contribution in [2.75, 3.05) is 5.73 Å². The quantitative estimate of drug-likeness (QED) is 0.520. The summed E-state index contributed by atoms with van der Waals surface area (Å²) in [5.41, 5.74) is 8.42. The molecule has 144 valence electrons. The van der Waals surface area contributed by atoms with E-state index in [0.717, 1.165) is 12.8 Å². The topological polar surface area (TPSA) is 90.9 Å². The molecule has 0 aliphatic heterocycles. The summed E-state index contributed by atoms with van der Waals surface area (Å²) in [6.07, 6.45) is 1.79. The number of fused-ring (bicyclic) bond motifs is 2. The number of hydrogen-bond acceptors (Lipinski definition) is 5. The molecule has 0 unspecified atom stereocenters. The van der Waals surface area contributed by atoms with Crippen LogP contribution < -0.4 is 5.73 Å². The van der Waals surface area contributed by atoms with Crippen molar-refractivity contribution >= 4 is 49.5 Å². The number of rotatable bonds is 5. The largest absolute Gasteiger partial charge is 0.384 e. The van der Waals surface area contributed by atoms with Crippen LogP contribution in [0, 0.1) is 0 Å². The lowest BCUT2D eigenvalue weighted by molar-refractivity contribution is 0.596. The van der Waals surface area contributed by atoms with E-state index in [1.165, 1.54) is 12.1 Å². The van der Waals surface area contributed by atoms with Gasteiger partial charge in [0.1, 0.15) is 16.2 Å². The first kappa shape index (κ1) is 18.7. The molecule has 4 aromatic rings. The second-order valence-electron chi connectivity index (χ2n) is 6.56. The molecule has 0 saturated heterocycles. The fraction of sp³-hybridized carbons (Fsp3) is 0.200. The molecule has 2 heterocycles. The number of nitrogen functional groups attached to an aromatic ring is 1. The smallest absolute Gasteiger partial charge is 0.212 e. The van der Waals surface area contributed by atoms with Gasteiger partial charge in [0.15, 0.2) is 5.65 Å². The zero-order chi connectivity index (χ0) is 19.9. The minimum atomic E-state index is -3.92. The van der Waals surface area contributed by atoms with Crippen LogP contribution in [0.4, 0.5) is 5.82 Å². The highest BCUT2D eigenvalue weighted by molar-refractivity contribution is 7.92. The minimum Gasteiger partial charge on any atom is -0.384 e. The first-order chi connectivity index (χ1) is 13.4. The zero-order valence-electron chi connectivity index (χ0n) is 15.3. The number of nitrogens with zero attached hydrogens (tertiary/aromatic N) is 3. The van der Waals surface area contributed by atoms with Crippen LogP contribution in [0.15, 0.2) is 58.3 Å². The molecule has 0 atom stereocenters. The van der Waals surface area contributed by atoms with Gasteiger partial charge in [-0.15, -0.1) is 0 Å². The van der Waals surface area contributed by atoms with Gasteiger partial charge in [-0.1, -0.05) is 43.1 Å². The third kappa shape index (κ3) is 3.00. The maximum atomic E-state index is 13.4. The molecule has 0 saturated carbocycles. The van der Waals surface area contributed by atoms with Gasteiger partial charge in [0.05, 0.1) is 15.9 Å². The predicted octanol–water partition coefficient (Wildman–Crippen LogP) is 4.45. The van der Waals surface area contributed by atoms with Crippen LogP contribution in [0.1, 0.15) is 19.8 Å². The van der Waals surface area contributed by atoms with E-state index in [-0.39, 0.29) is 21.1 Å². The van der Waals surface area contributed by atoms with E-state index in [1.807, 2.05) is 18.2 Å². The van der Waals surface area contributed by atoms with Crippen molar-refractivity contribution < 1.29 is 8.42 Å². The molecule has 0 radical (unpaired) electrons. The normalized spacial score (nSPS) is 12.1. The molecule has 8 heteroatoms. The number of anilines is 1. The van der Waals surface area contributed by atoms with Crippen molar-refractivity contribution in [3.8, 4) is 0 Å². The second-order valence-corrected chi connectivity index (χ2v) is 8.89. The van der Waals surface area contributed by atoms with Crippen LogP contribution in [-0.4, -0.2) is 23.0 Å². The lowest BCUT2D eigenvalue weighted by Gasteiger charge is -2.07. The molecule has 0 spiro atoms. The van der Waals surface area contributed by atoms with Crippen LogP contribution in [-0.2, 0) is 16.4 Å². The summed E-state index contributed by atoms with van der Waals surface area (Å²) in [5.74, 6) is 0.152. The third-order valence-electron chi connectivity index (χ3n) is 4.66. The van der Waals surface area contributed by atoms with Gasteiger partial charge in [-0.05, 0) is 36.8 Å². The average Bonchev–Trinajstić information content (AvgIpc) is 2.95. The van der Waals surface area contributed by atoms with E-state index in [0.29, 0.717) is 28.2 Å². The van der Waals surface area contributed by atoms with Gasteiger partial charge in [0.25, 0.3) is 0 Å². The van der Waals surface area contributed by atoms with E-state index in [9.17, 15) is 8.42 Å². The fourth-order valence-corrected chi connectivity index (χ4v) is 5.06. The van der Waals surface area contributed by atoms with Gasteiger partial charge in [-0.3, -0.25) is 0 Å². The Morgan fingerprint density at radius 3 is 2.46 bits per heavy atom. The number of sulfone groups is 1. The summed E-state index contributed by atoms with van der Waals surface area (Å²) in [6.45, 7) is 2.63. The molecule has 2 aromatic heterocycles. The zero-order valence-corrected chi connectivity index (χ0v) is 16.8. The monoisotopic (exact) mass is 414 g/mol. The molecule has 2 N–H and O–H groups in total. The number of hydrogen-bond donors (Lipinski definition) is 1. The average molecular weight is 415 g/mol. The van der Waals surface area contributed by atoms with Crippen molar-refractivity contribution in [2.24, 2.45) is 0 Å². The highest BCUT2D eigenvalue weighted by Gasteiger charge is 2.30. The summed E-state index contributed by atoms with van der Waals surface area (Å²) >= 11 is 6.02. The Morgan fingerprint density at radius 2 is 1.79 bits per heavy atom. The summed E-state index contributed by atoms with van der Waals surface area (Å²) in [5, 5.41) is 0.339. The van der Waals surface area contributed by atoms with Crippen LogP contribution >= 0.6 is 11.6 Å². The Labute approximate surface area is 167 Å². The van der Waals surface area contributed by atoms with Crippen LogP contribution in [0.25, 0.3) is 22.2 Å². The van der Waals surface area contributed by atoms with E-state index < -0.39 is 9.84 Å². The van der Waals surface area contributed by atoms with Crippen molar-refractivity contribution in [3.05, 3.63) is 53.6 Å². The first-order valence-electron chi connectivity index (χ1n) is 8.98. The molecule has 6 nitrogen and oxygen atoms in total. The molecule has 2 aromatic carbocycles. The molecule has 0 aliphatic carbocycles. The standard InChI is InChI=1S/C20H19ClN4O2S/c1-2-3-11-25-19(22)18(28(26,27)14-8-6-7-13(21)12-14)17-20(25)24-16-10-5-4-9-15(16)23-17/h4-10,12H,2-3,11,22H2,1H3. The number of aromatic nitrogens is 3. The van der Waals surface area contributed by atoms with Gasteiger partial charge in [-0.2, -0.15) is 0 Å². The van der Waals surface area contributed by atoms with E-state index in [2.05, 4.69) is 16.9 Å². The minimum absolute atomic E-state index is 0.0147. The molecule has 0 fully saturated rings. The summed E-state index contributed by atoms with van der Waals surface area (Å²) in [4.78, 5) is 9.34. The maximum Gasteiger partial charge on any atom is 0.212 e. The lowest BCUT2D eigenvalue weighted by atomic mass is 10.3. The molecule has 28 heavy (non-hydrogen) atoms. The van der Waals surface area contributed by atoms with Crippen LogP contribution in [0.2, 0.25) is 5.02 Å². The van der Waals surface area contributed by atoms with Crippen molar-refractivity contribution in [3.63, 3.8) is 0 Å². The second kappa shape index (κ2) is 7.07. The predicted molar refractivity (Wildman–Crippen MR) is 111 cm³/mol. The van der Waals surface area contributed by atoms with E-state index >= 15 is 0 Å². The molecule has 0 bridgehead atoms. The number of nitrogens with two attached hydrogens (primary N) is 1. The first-order valence-corrected chi connectivity index (χ1v) is 10.8. The number of benzene rings is 2. The van der Waals surface area contributed by atoms with Crippen molar-refractivity contribution in [2.45, 2.75) is 36.1 Å². The number of halogens is 1. The summed E-state index contributed by atoms with van der Waals surface area (Å²) in [7, 11) is -3.92. The number of unbranched alkanes of at least 4 members (excludes halogenated alkanes) is 1. The maximum absolute atomic E-state index is 13.4. The van der Waals surface area contributed by atoms with Crippen LogP contribution in [0.3, 0.4) is 0 Å². The number of para-hydroxylation sites is 2. The Balaban J connectivity index is 2.07. The summed E-state index contributed by atoms with van der Waals surface area (Å²) < 4.78 is 28.6. The highest BCUT2D eigenvalue weighted by Crippen LogP contribution is 2.36. The van der Waals surface area contributed by atoms with Gasteiger partial charge in [0, 0.05) is 11.6 Å². The Morgan fingerprint density at radius 1 is 1.07 bits per heavy atom. The molecule has 0 aliphatic rings. The molecule has 4 rings (SSSR count). The number of aryl methyl sites for hydroxylation is 1. The molecular weight excluding hydrogens is 396 g/mol. The summed E-state index contributed by atoms with van der Waals surface area (Å²) in [6, 6.07) is 13.5. The fourth-order valence-electron chi connectivity index (χ4n) is 3.25. The molecule has 0 amide bonds. The third-order valence-corrected chi connectivity index (χ3v) is 6.71. The van der Waals surface area contributed by atoms with Gasteiger partial charge in [-0.25, -0.2) is 18.4 Å². The lowest BCUT2D eigenvalue weighted by Crippen LogP contribution is -2.08. The van der Waals surface area contributed by atoms with Gasteiger partial charge < -0.3 is 10.3 Å². The van der Waals surface area contributed by atoms with Gasteiger partial charge in [0.2, 0.25) is 9.84 Å².